The molecule has 0 aliphatic rings. The summed E-state index contributed by atoms with van der Waals surface area (Å²) in [6.45, 7) is 4.07. The Labute approximate surface area is 114 Å². The van der Waals surface area contributed by atoms with Crippen LogP contribution in [0.1, 0.15) is 26.7 Å². The van der Waals surface area contributed by atoms with Crippen LogP contribution in [-0.4, -0.2) is 35.5 Å². The minimum Gasteiger partial charge on any atom is -0.324 e. The number of aryl methyl sites for hydroxylation is 1. The van der Waals surface area contributed by atoms with E-state index in [-0.39, 0.29) is 24.0 Å². The van der Waals surface area contributed by atoms with Gasteiger partial charge in [0.2, 0.25) is 0 Å². The Balaban J connectivity index is 0.00000289. The number of nitrogens with two attached hydrogens (primary N) is 1. The van der Waals surface area contributed by atoms with E-state index in [1.54, 1.807) is 0 Å². The zero-order chi connectivity index (χ0) is 13.1. The molecule has 0 amide bonds. The van der Waals surface area contributed by atoms with Crippen molar-refractivity contribution in [2.24, 2.45) is 12.8 Å². The molecular weight excluding hydrogens is 278 g/mol. The highest BCUT2D eigenvalue weighted by Crippen LogP contribution is 2.11. The number of aromatic nitrogens is 3. The van der Waals surface area contributed by atoms with E-state index in [1.807, 2.05) is 13.8 Å². The van der Waals surface area contributed by atoms with Crippen molar-refractivity contribution in [3.05, 3.63) is 6.20 Å². The van der Waals surface area contributed by atoms with Crippen molar-refractivity contribution in [3.63, 3.8) is 0 Å². The van der Waals surface area contributed by atoms with Crippen LogP contribution < -0.4 is 10.5 Å². The summed E-state index contributed by atoms with van der Waals surface area (Å²) in [4.78, 5) is 0. The average molecular weight is 298 g/mol. The van der Waals surface area contributed by atoms with Crippen LogP contribution in [0.3, 0.4) is 0 Å². The molecule has 1 rings (SSSR count). The van der Waals surface area contributed by atoms with E-state index < -0.39 is 15.6 Å². The van der Waals surface area contributed by atoms with Crippen molar-refractivity contribution in [2.45, 2.75) is 37.3 Å². The van der Waals surface area contributed by atoms with Crippen molar-refractivity contribution in [1.82, 2.24) is 19.7 Å². The molecule has 1 heterocycles. The van der Waals surface area contributed by atoms with Crippen molar-refractivity contribution in [3.8, 4) is 0 Å². The third-order valence-electron chi connectivity index (χ3n) is 2.97. The predicted molar refractivity (Wildman–Crippen MR) is 70.9 cm³/mol. The minimum atomic E-state index is -3.59. The van der Waals surface area contributed by atoms with Gasteiger partial charge in [0.15, 0.2) is 5.03 Å². The Morgan fingerprint density at radius 2 is 2.00 bits per heavy atom. The number of halogens is 1. The fraction of sp³-hybridized carbons (Fsp3) is 0.778. The molecule has 1 aromatic heterocycles. The number of hydrogen-bond acceptors (Lipinski definition) is 5. The summed E-state index contributed by atoms with van der Waals surface area (Å²) in [5.41, 5.74) is 5.52. The smallest absolute Gasteiger partial charge is 0.259 e. The highest BCUT2D eigenvalue weighted by molar-refractivity contribution is 7.89. The molecule has 7 nitrogen and oxygen atoms in total. The molecule has 3 N–H and O–H groups in total. The van der Waals surface area contributed by atoms with Crippen molar-refractivity contribution >= 4 is 22.4 Å². The molecule has 0 aliphatic heterocycles. The van der Waals surface area contributed by atoms with E-state index in [9.17, 15) is 8.42 Å². The van der Waals surface area contributed by atoms with Gasteiger partial charge < -0.3 is 5.73 Å². The zero-order valence-electron chi connectivity index (χ0n) is 10.8. The monoisotopic (exact) mass is 297 g/mol. The lowest BCUT2D eigenvalue weighted by Gasteiger charge is -2.26. The molecule has 0 saturated carbocycles. The molecule has 106 valence electrons. The molecule has 9 heteroatoms. The van der Waals surface area contributed by atoms with Gasteiger partial charge in [0, 0.05) is 19.1 Å². The van der Waals surface area contributed by atoms with Crippen LogP contribution in [0.2, 0.25) is 0 Å². The van der Waals surface area contributed by atoms with Gasteiger partial charge in [0.1, 0.15) is 0 Å². The zero-order valence-corrected chi connectivity index (χ0v) is 12.4. The van der Waals surface area contributed by atoms with E-state index >= 15 is 0 Å². The topological polar surface area (TPSA) is 103 Å². The molecule has 0 unspecified atom stereocenters. The number of nitrogens with one attached hydrogen (secondary N) is 1. The first kappa shape index (κ1) is 17.3. The summed E-state index contributed by atoms with van der Waals surface area (Å²) in [5, 5.41) is 7.15. The van der Waals surface area contributed by atoms with Crippen LogP contribution in [0.25, 0.3) is 0 Å². The Hall–Kier alpha value is -0.700. The maximum atomic E-state index is 11.9. The van der Waals surface area contributed by atoms with Crippen LogP contribution in [0.5, 0.6) is 0 Å². The summed E-state index contributed by atoms with van der Waals surface area (Å²) >= 11 is 0. The minimum absolute atomic E-state index is 0. The van der Waals surface area contributed by atoms with Crippen LogP contribution in [0.15, 0.2) is 11.2 Å². The lowest BCUT2D eigenvalue weighted by molar-refractivity contribution is 0.391. The maximum Gasteiger partial charge on any atom is 0.259 e. The molecule has 0 fully saturated rings. The van der Waals surface area contributed by atoms with Gasteiger partial charge in [0.05, 0.1) is 6.20 Å². The van der Waals surface area contributed by atoms with Crippen LogP contribution in [0, 0.1) is 0 Å². The molecule has 0 aliphatic carbocycles. The molecule has 18 heavy (non-hydrogen) atoms. The molecule has 0 saturated heterocycles. The van der Waals surface area contributed by atoms with Gasteiger partial charge in [-0.15, -0.1) is 17.5 Å². The molecular formula is C9H20ClN5O2S. The summed E-state index contributed by atoms with van der Waals surface area (Å²) in [6, 6.07) is 0. The molecule has 1 aromatic rings. The Morgan fingerprint density at radius 3 is 2.39 bits per heavy atom. The van der Waals surface area contributed by atoms with Gasteiger partial charge >= 0.3 is 0 Å². The molecule has 0 radical (unpaired) electrons. The van der Waals surface area contributed by atoms with Gasteiger partial charge in [-0.25, -0.2) is 17.8 Å². The maximum absolute atomic E-state index is 11.9. The van der Waals surface area contributed by atoms with E-state index in [4.69, 9.17) is 5.73 Å². The SMILES string of the molecule is CCC(N)(CC)CNS(=O)(=O)c1cnnn1C.Cl. The summed E-state index contributed by atoms with van der Waals surface area (Å²) < 4.78 is 27.5. The van der Waals surface area contributed by atoms with E-state index in [1.165, 1.54) is 17.9 Å². The molecule has 0 spiro atoms. The van der Waals surface area contributed by atoms with Gasteiger partial charge in [-0.05, 0) is 12.8 Å². The van der Waals surface area contributed by atoms with Gasteiger partial charge in [-0.2, -0.15) is 0 Å². The third-order valence-corrected chi connectivity index (χ3v) is 4.42. The highest BCUT2D eigenvalue weighted by Gasteiger charge is 2.25. The van der Waals surface area contributed by atoms with Gasteiger partial charge in [0.25, 0.3) is 10.0 Å². The average Bonchev–Trinajstić information content (AvgIpc) is 2.73. The van der Waals surface area contributed by atoms with Crippen LogP contribution in [-0.2, 0) is 17.1 Å². The quantitative estimate of drug-likeness (QED) is 0.771. The first-order chi connectivity index (χ1) is 7.84. The Bertz CT molecular complexity index is 469. The van der Waals surface area contributed by atoms with Crippen LogP contribution in [0.4, 0.5) is 0 Å². The molecule has 0 aromatic carbocycles. The number of rotatable bonds is 6. The second-order valence-electron chi connectivity index (χ2n) is 4.09. The van der Waals surface area contributed by atoms with Crippen LogP contribution >= 0.6 is 12.4 Å². The van der Waals surface area contributed by atoms with Crippen molar-refractivity contribution in [1.29, 1.82) is 0 Å². The van der Waals surface area contributed by atoms with Crippen molar-refractivity contribution in [2.75, 3.05) is 6.54 Å². The summed E-state index contributed by atoms with van der Waals surface area (Å²) in [6.07, 6.45) is 2.61. The first-order valence-corrected chi connectivity index (χ1v) is 6.96. The molecule has 0 atom stereocenters. The first-order valence-electron chi connectivity index (χ1n) is 5.48. The normalized spacial score (nSPS) is 12.2. The van der Waals surface area contributed by atoms with E-state index in [2.05, 4.69) is 15.0 Å². The van der Waals surface area contributed by atoms with Crippen molar-refractivity contribution < 1.29 is 8.42 Å². The predicted octanol–water partition coefficient (Wildman–Crippen LogP) is 0.0327. The Morgan fingerprint density at radius 1 is 1.44 bits per heavy atom. The second-order valence-corrected chi connectivity index (χ2v) is 5.80. The fourth-order valence-corrected chi connectivity index (χ4v) is 2.53. The lowest BCUT2D eigenvalue weighted by Crippen LogP contribution is -2.49. The molecule has 0 bridgehead atoms. The number of sulfonamides is 1. The highest BCUT2D eigenvalue weighted by atomic mass is 35.5. The Kier molecular flexibility index (Phi) is 6.21. The summed E-state index contributed by atoms with van der Waals surface area (Å²) in [5.74, 6) is 0. The number of hydrogen-bond donors (Lipinski definition) is 2. The van der Waals surface area contributed by atoms with E-state index in [0.717, 1.165) is 0 Å². The fourth-order valence-electron chi connectivity index (χ4n) is 1.34. The lowest BCUT2D eigenvalue weighted by atomic mass is 9.95. The standard InChI is InChI=1S/C9H19N5O2S.ClH/c1-4-9(10,5-2)7-12-17(15,16)8-6-11-13-14(8)3;/h6,12H,4-5,7,10H2,1-3H3;1H. The summed E-state index contributed by atoms with van der Waals surface area (Å²) in [7, 11) is -2.07. The second kappa shape index (κ2) is 6.46. The largest absolute Gasteiger partial charge is 0.324 e. The third kappa shape index (κ3) is 3.91. The van der Waals surface area contributed by atoms with Gasteiger partial charge in [-0.3, -0.25) is 0 Å². The van der Waals surface area contributed by atoms with Gasteiger partial charge in [-0.1, -0.05) is 19.1 Å². The van der Waals surface area contributed by atoms with E-state index in [0.29, 0.717) is 12.8 Å². The number of nitrogens with zero attached hydrogens (tertiary/aromatic N) is 3.